The second-order valence-electron chi connectivity index (χ2n) is 4.78. The number of carbonyl (C=O) groups is 2. The van der Waals surface area contributed by atoms with Gasteiger partial charge in [0, 0.05) is 22.3 Å². The van der Waals surface area contributed by atoms with Crippen molar-refractivity contribution in [1.29, 1.82) is 0 Å². The maximum atomic E-state index is 14.2. The summed E-state index contributed by atoms with van der Waals surface area (Å²) >= 11 is 3.18. The lowest BCUT2D eigenvalue weighted by atomic mass is 9.94. The molecular weight excluding hydrogens is 355 g/mol. The Kier molecular flexibility index (Phi) is 4.85. The number of nitrogens with one attached hydrogen (secondary N) is 1. The van der Waals surface area contributed by atoms with Crippen LogP contribution in [0.3, 0.4) is 0 Å². The van der Waals surface area contributed by atoms with E-state index in [9.17, 15) is 14.0 Å². The molecule has 0 aromatic heterocycles. The molecule has 0 saturated heterocycles. The van der Waals surface area contributed by atoms with Crippen LogP contribution in [-0.2, 0) is 9.53 Å². The van der Waals surface area contributed by atoms with Crippen LogP contribution in [-0.4, -0.2) is 30.6 Å². The van der Waals surface area contributed by atoms with Crippen LogP contribution in [0.5, 0.6) is 0 Å². The first kappa shape index (κ1) is 16.5. The van der Waals surface area contributed by atoms with Gasteiger partial charge in [-0.25, -0.2) is 14.0 Å². The van der Waals surface area contributed by atoms with Gasteiger partial charge >= 0.3 is 12.0 Å². The van der Waals surface area contributed by atoms with Crippen molar-refractivity contribution in [3.05, 3.63) is 45.3 Å². The van der Waals surface area contributed by atoms with Gasteiger partial charge in [-0.15, -0.1) is 0 Å². The summed E-state index contributed by atoms with van der Waals surface area (Å²) in [7, 11) is 1.25. The highest BCUT2D eigenvalue weighted by atomic mass is 79.9. The van der Waals surface area contributed by atoms with Crippen LogP contribution in [0.1, 0.15) is 25.5 Å². The normalized spacial score (nSPS) is 18.3. The molecule has 7 heteroatoms. The number of amides is 2. The summed E-state index contributed by atoms with van der Waals surface area (Å²) in [6.07, 6.45) is 0. The quantitative estimate of drug-likeness (QED) is 0.831. The Morgan fingerprint density at radius 3 is 2.73 bits per heavy atom. The molecule has 1 N–H and O–H groups in total. The fourth-order valence-corrected chi connectivity index (χ4v) is 2.84. The lowest BCUT2D eigenvalue weighted by Gasteiger charge is -2.34. The topological polar surface area (TPSA) is 58.6 Å². The third-order valence-electron chi connectivity index (χ3n) is 3.59. The Hall–Kier alpha value is -1.89. The van der Waals surface area contributed by atoms with Crippen molar-refractivity contribution in [2.75, 3.05) is 13.7 Å². The van der Waals surface area contributed by atoms with Crippen LogP contribution < -0.4 is 5.32 Å². The van der Waals surface area contributed by atoms with Gasteiger partial charge in [-0.2, -0.15) is 0 Å². The van der Waals surface area contributed by atoms with Crippen molar-refractivity contribution in [3.8, 4) is 0 Å². The Bertz CT molecular complexity index is 660. The molecule has 1 atom stereocenters. The second-order valence-corrected chi connectivity index (χ2v) is 5.70. The zero-order valence-corrected chi connectivity index (χ0v) is 14.0. The van der Waals surface area contributed by atoms with Gasteiger partial charge in [0.15, 0.2) is 0 Å². The highest BCUT2D eigenvalue weighted by Crippen LogP contribution is 2.33. The maximum absolute atomic E-state index is 14.2. The molecule has 0 aliphatic carbocycles. The number of hydrogen-bond acceptors (Lipinski definition) is 3. The molecule has 22 heavy (non-hydrogen) atoms. The van der Waals surface area contributed by atoms with Crippen molar-refractivity contribution in [2.24, 2.45) is 0 Å². The summed E-state index contributed by atoms with van der Waals surface area (Å²) in [5.41, 5.74) is 0.905. The number of allylic oxidation sites excluding steroid dienone is 1. The molecule has 2 rings (SSSR count). The van der Waals surface area contributed by atoms with E-state index in [1.54, 1.807) is 19.9 Å². The van der Waals surface area contributed by atoms with Gasteiger partial charge in [0.1, 0.15) is 5.82 Å². The average molecular weight is 371 g/mol. The monoisotopic (exact) mass is 370 g/mol. The lowest BCUT2D eigenvalue weighted by Crippen LogP contribution is -2.48. The fourth-order valence-electron chi connectivity index (χ4n) is 2.51. The number of urea groups is 1. The second kappa shape index (κ2) is 6.48. The minimum atomic E-state index is -0.879. The number of halogens is 2. The summed E-state index contributed by atoms with van der Waals surface area (Å²) in [6.45, 7) is 3.84. The van der Waals surface area contributed by atoms with Crippen molar-refractivity contribution in [1.82, 2.24) is 10.2 Å². The maximum Gasteiger partial charge on any atom is 0.337 e. The van der Waals surface area contributed by atoms with Gasteiger partial charge in [0.05, 0.1) is 18.7 Å². The molecule has 5 nitrogen and oxygen atoms in total. The van der Waals surface area contributed by atoms with Gasteiger partial charge < -0.3 is 10.1 Å². The van der Waals surface area contributed by atoms with Gasteiger partial charge in [-0.3, -0.25) is 4.90 Å². The first-order valence-electron chi connectivity index (χ1n) is 6.72. The molecule has 1 aromatic carbocycles. The van der Waals surface area contributed by atoms with Crippen LogP contribution in [0, 0.1) is 5.82 Å². The number of benzene rings is 1. The van der Waals surface area contributed by atoms with E-state index in [2.05, 4.69) is 21.2 Å². The number of esters is 1. The summed E-state index contributed by atoms with van der Waals surface area (Å²) in [5, 5.41) is 2.66. The highest BCUT2D eigenvalue weighted by molar-refractivity contribution is 9.10. The number of rotatable bonds is 3. The number of methoxy groups -OCH3 is 1. The van der Waals surface area contributed by atoms with E-state index in [1.165, 1.54) is 24.1 Å². The van der Waals surface area contributed by atoms with Crippen LogP contribution in [0.2, 0.25) is 0 Å². The van der Waals surface area contributed by atoms with E-state index in [1.807, 2.05) is 0 Å². The smallest absolute Gasteiger partial charge is 0.337 e. The van der Waals surface area contributed by atoms with Gasteiger partial charge in [-0.05, 0) is 26.0 Å². The Morgan fingerprint density at radius 1 is 1.50 bits per heavy atom. The van der Waals surface area contributed by atoms with E-state index in [-0.39, 0.29) is 17.2 Å². The minimum absolute atomic E-state index is 0.215. The van der Waals surface area contributed by atoms with E-state index < -0.39 is 17.8 Å². The molecule has 0 saturated carbocycles. The number of hydrogen-bond donors (Lipinski definition) is 1. The third kappa shape index (κ3) is 2.85. The van der Waals surface area contributed by atoms with Gasteiger partial charge in [-0.1, -0.05) is 22.0 Å². The van der Waals surface area contributed by atoms with Crippen LogP contribution in [0.25, 0.3) is 0 Å². The molecular formula is C15H16BrFN2O3. The van der Waals surface area contributed by atoms with Gasteiger partial charge in [0.2, 0.25) is 0 Å². The van der Waals surface area contributed by atoms with Crippen molar-refractivity contribution in [2.45, 2.75) is 19.9 Å². The standard InChI is InChI=1S/C15H16BrFN2O3/c1-4-19-8(2)12(14(20)22-3)13(18-15(19)21)10-6-5-9(16)7-11(10)17/h5-7,13H,4H2,1-3H3,(H,18,21). The van der Waals surface area contributed by atoms with E-state index in [0.717, 1.165) is 0 Å². The van der Waals surface area contributed by atoms with Crippen molar-refractivity contribution in [3.63, 3.8) is 0 Å². The van der Waals surface area contributed by atoms with Crippen LogP contribution in [0.15, 0.2) is 33.9 Å². The molecule has 118 valence electrons. The summed E-state index contributed by atoms with van der Waals surface area (Å²) in [6, 6.07) is 3.22. The molecule has 1 heterocycles. The highest BCUT2D eigenvalue weighted by Gasteiger charge is 2.36. The first-order chi connectivity index (χ1) is 10.4. The van der Waals surface area contributed by atoms with Crippen LogP contribution in [0.4, 0.5) is 9.18 Å². The molecule has 2 amide bonds. The minimum Gasteiger partial charge on any atom is -0.466 e. The van der Waals surface area contributed by atoms with E-state index in [0.29, 0.717) is 16.7 Å². The average Bonchev–Trinajstić information content (AvgIpc) is 2.46. The predicted molar refractivity (Wildman–Crippen MR) is 82.5 cm³/mol. The molecule has 0 spiro atoms. The molecule has 1 aromatic rings. The molecule has 0 fully saturated rings. The Balaban J connectivity index is 2.60. The third-order valence-corrected chi connectivity index (χ3v) is 4.08. The van der Waals surface area contributed by atoms with Crippen molar-refractivity contribution < 1.29 is 18.7 Å². The SMILES string of the molecule is CCN1C(=O)NC(c2ccc(Br)cc2F)C(C(=O)OC)=C1C. The van der Waals surface area contributed by atoms with Gasteiger partial charge in [0.25, 0.3) is 0 Å². The first-order valence-corrected chi connectivity index (χ1v) is 7.52. The molecule has 0 bridgehead atoms. The molecule has 1 aliphatic rings. The van der Waals surface area contributed by atoms with E-state index in [4.69, 9.17) is 4.74 Å². The number of ether oxygens (including phenoxy) is 1. The number of carbonyl (C=O) groups excluding carboxylic acids is 2. The Labute approximate surface area is 136 Å². The largest absolute Gasteiger partial charge is 0.466 e. The number of nitrogens with zero attached hydrogens (tertiary/aromatic N) is 1. The van der Waals surface area contributed by atoms with E-state index >= 15 is 0 Å². The fraction of sp³-hybridized carbons (Fsp3) is 0.333. The van der Waals surface area contributed by atoms with Crippen molar-refractivity contribution >= 4 is 27.9 Å². The molecule has 0 radical (unpaired) electrons. The summed E-state index contributed by atoms with van der Waals surface area (Å²) in [4.78, 5) is 25.7. The summed E-state index contributed by atoms with van der Waals surface area (Å²) < 4.78 is 19.6. The predicted octanol–water partition coefficient (Wildman–Crippen LogP) is 3.12. The zero-order chi connectivity index (χ0) is 16.4. The van der Waals surface area contributed by atoms with Crippen LogP contribution >= 0.6 is 15.9 Å². The summed E-state index contributed by atoms with van der Waals surface area (Å²) in [5.74, 6) is -1.11. The molecule has 1 aliphatic heterocycles. The zero-order valence-electron chi connectivity index (χ0n) is 12.4. The Morgan fingerprint density at radius 2 is 2.18 bits per heavy atom. The lowest BCUT2D eigenvalue weighted by molar-refractivity contribution is -0.136. The molecule has 1 unspecified atom stereocenters.